The number of aromatic nitrogens is 1. The van der Waals surface area contributed by atoms with E-state index in [-0.39, 0.29) is 12.0 Å². The molecule has 7 heteroatoms. The van der Waals surface area contributed by atoms with E-state index in [0.29, 0.717) is 23.7 Å². The fourth-order valence-corrected chi connectivity index (χ4v) is 2.70. The van der Waals surface area contributed by atoms with E-state index in [1.54, 1.807) is 30.3 Å². The Morgan fingerprint density at radius 3 is 2.45 bits per heavy atom. The highest BCUT2D eigenvalue weighted by Crippen LogP contribution is 2.18. The molecule has 1 aromatic heterocycles. The molecular weight excluding hydrogens is 377 g/mol. The van der Waals surface area contributed by atoms with Crippen molar-refractivity contribution in [3.63, 3.8) is 0 Å². The molecule has 0 amide bonds. The van der Waals surface area contributed by atoms with Gasteiger partial charge in [0.25, 0.3) is 0 Å². The SMILES string of the molecule is Cc1noc(C)c1COc1ccc(CC(=O)OCC(=O)c2ccccc2F)cc1. The van der Waals surface area contributed by atoms with Gasteiger partial charge in [0.15, 0.2) is 6.61 Å². The zero-order valence-corrected chi connectivity index (χ0v) is 16.1. The molecule has 0 fully saturated rings. The first kappa shape index (κ1) is 20.3. The number of rotatable bonds is 8. The molecule has 0 unspecified atom stereocenters. The van der Waals surface area contributed by atoms with Gasteiger partial charge < -0.3 is 14.0 Å². The van der Waals surface area contributed by atoms with E-state index >= 15 is 0 Å². The summed E-state index contributed by atoms with van der Waals surface area (Å²) in [6.07, 6.45) is -0.00526. The molecule has 0 atom stereocenters. The summed E-state index contributed by atoms with van der Waals surface area (Å²) >= 11 is 0. The van der Waals surface area contributed by atoms with Crippen LogP contribution in [0.5, 0.6) is 5.75 Å². The first-order valence-electron chi connectivity index (χ1n) is 9.01. The van der Waals surface area contributed by atoms with Crippen molar-refractivity contribution in [2.24, 2.45) is 0 Å². The standard InChI is InChI=1S/C22H20FNO5/c1-14-19(15(2)29-24-14)12-27-17-9-7-16(8-10-17)11-22(26)28-13-21(25)18-5-3-4-6-20(18)23/h3-10H,11-13H2,1-2H3. The molecule has 0 N–H and O–H groups in total. The van der Waals surface area contributed by atoms with E-state index in [1.807, 2.05) is 13.8 Å². The van der Waals surface area contributed by atoms with Gasteiger partial charge in [-0.1, -0.05) is 29.4 Å². The van der Waals surface area contributed by atoms with Crippen molar-refractivity contribution in [2.45, 2.75) is 26.9 Å². The molecule has 6 nitrogen and oxygen atoms in total. The lowest BCUT2D eigenvalue weighted by Crippen LogP contribution is -2.16. The smallest absolute Gasteiger partial charge is 0.310 e. The number of ketones is 1. The molecule has 0 aliphatic carbocycles. The van der Waals surface area contributed by atoms with Crippen LogP contribution < -0.4 is 4.74 Å². The Kier molecular flexibility index (Phi) is 6.39. The van der Waals surface area contributed by atoms with Gasteiger partial charge in [-0.3, -0.25) is 9.59 Å². The molecule has 0 aliphatic rings. The fourth-order valence-electron chi connectivity index (χ4n) is 2.70. The van der Waals surface area contributed by atoms with Gasteiger partial charge in [-0.25, -0.2) is 4.39 Å². The Bertz CT molecular complexity index is 991. The summed E-state index contributed by atoms with van der Waals surface area (Å²) in [5.41, 5.74) is 2.29. The number of carbonyl (C=O) groups is 2. The van der Waals surface area contributed by atoms with Crippen molar-refractivity contribution in [1.29, 1.82) is 0 Å². The molecule has 0 aliphatic heterocycles. The molecule has 1 heterocycles. The van der Waals surface area contributed by atoms with Crippen LogP contribution in [-0.2, 0) is 22.6 Å². The van der Waals surface area contributed by atoms with E-state index in [1.165, 1.54) is 18.2 Å². The highest BCUT2D eigenvalue weighted by Gasteiger charge is 2.14. The number of ether oxygens (including phenoxy) is 2. The number of carbonyl (C=O) groups excluding carboxylic acids is 2. The van der Waals surface area contributed by atoms with Crippen LogP contribution in [-0.4, -0.2) is 23.5 Å². The van der Waals surface area contributed by atoms with E-state index in [4.69, 9.17) is 14.0 Å². The third-order valence-corrected chi connectivity index (χ3v) is 4.37. The second kappa shape index (κ2) is 9.14. The summed E-state index contributed by atoms with van der Waals surface area (Å²) < 4.78 is 29.3. The van der Waals surface area contributed by atoms with Crippen molar-refractivity contribution >= 4 is 11.8 Å². The molecule has 0 radical (unpaired) electrons. The maximum absolute atomic E-state index is 13.6. The lowest BCUT2D eigenvalue weighted by Gasteiger charge is -2.08. The molecule has 0 spiro atoms. The molecule has 2 aromatic carbocycles. The van der Waals surface area contributed by atoms with Crippen molar-refractivity contribution in [2.75, 3.05) is 6.61 Å². The molecular formula is C22H20FNO5. The van der Waals surface area contributed by atoms with Crippen LogP contribution in [0.4, 0.5) is 4.39 Å². The minimum absolute atomic E-state index is 0.00526. The second-order valence-corrected chi connectivity index (χ2v) is 6.48. The number of hydrogen-bond acceptors (Lipinski definition) is 6. The van der Waals surface area contributed by atoms with Crippen LogP contribution in [0.3, 0.4) is 0 Å². The average Bonchev–Trinajstić information content (AvgIpc) is 3.03. The number of Topliss-reactive ketones (excluding diaryl/α,β-unsaturated/α-hetero) is 1. The topological polar surface area (TPSA) is 78.6 Å². The third-order valence-electron chi connectivity index (χ3n) is 4.37. The normalized spacial score (nSPS) is 10.6. The number of benzene rings is 2. The van der Waals surface area contributed by atoms with Crippen molar-refractivity contribution in [1.82, 2.24) is 5.16 Å². The zero-order chi connectivity index (χ0) is 20.8. The molecule has 0 bridgehead atoms. The van der Waals surface area contributed by atoms with Gasteiger partial charge in [0.1, 0.15) is 23.9 Å². The van der Waals surface area contributed by atoms with Crippen LogP contribution >= 0.6 is 0 Å². The minimum atomic E-state index is -0.638. The largest absolute Gasteiger partial charge is 0.489 e. The van der Waals surface area contributed by atoms with Crippen LogP contribution in [0.1, 0.15) is 32.9 Å². The zero-order valence-electron chi connectivity index (χ0n) is 16.1. The molecule has 150 valence electrons. The quantitative estimate of drug-likeness (QED) is 0.423. The Labute approximate surface area is 167 Å². The minimum Gasteiger partial charge on any atom is -0.489 e. The second-order valence-electron chi connectivity index (χ2n) is 6.48. The van der Waals surface area contributed by atoms with Gasteiger partial charge in [0.2, 0.25) is 5.78 Å². The molecule has 0 saturated heterocycles. The van der Waals surface area contributed by atoms with E-state index in [0.717, 1.165) is 11.3 Å². The van der Waals surface area contributed by atoms with Gasteiger partial charge in [0, 0.05) is 0 Å². The lowest BCUT2D eigenvalue weighted by atomic mass is 10.1. The fraction of sp³-hybridized carbons (Fsp3) is 0.227. The summed E-state index contributed by atoms with van der Waals surface area (Å²) in [5, 5.41) is 3.88. The maximum atomic E-state index is 13.6. The van der Waals surface area contributed by atoms with Gasteiger partial charge in [-0.2, -0.15) is 0 Å². The Balaban J connectivity index is 1.48. The molecule has 3 rings (SSSR count). The summed E-state index contributed by atoms with van der Waals surface area (Å²) in [6, 6.07) is 12.5. The summed E-state index contributed by atoms with van der Waals surface area (Å²) in [4.78, 5) is 23.9. The molecule has 29 heavy (non-hydrogen) atoms. The summed E-state index contributed by atoms with van der Waals surface area (Å²) in [7, 11) is 0. The van der Waals surface area contributed by atoms with Crippen molar-refractivity contribution in [3.8, 4) is 5.75 Å². The van der Waals surface area contributed by atoms with Gasteiger partial charge in [0.05, 0.1) is 23.2 Å². The summed E-state index contributed by atoms with van der Waals surface area (Å²) in [5.74, 6) is -0.442. The molecule has 3 aromatic rings. The number of nitrogens with zero attached hydrogens (tertiary/aromatic N) is 1. The number of aryl methyl sites for hydroxylation is 2. The number of hydrogen-bond donors (Lipinski definition) is 0. The van der Waals surface area contributed by atoms with Gasteiger partial charge >= 0.3 is 5.97 Å². The first-order chi connectivity index (χ1) is 13.9. The van der Waals surface area contributed by atoms with Crippen molar-refractivity contribution in [3.05, 3.63) is 82.5 Å². The van der Waals surface area contributed by atoms with E-state index < -0.39 is 24.2 Å². The monoisotopic (exact) mass is 397 g/mol. The predicted octanol–water partition coefficient (Wildman–Crippen LogP) is 3.98. The first-order valence-corrected chi connectivity index (χ1v) is 9.01. The lowest BCUT2D eigenvalue weighted by molar-refractivity contribution is -0.141. The van der Waals surface area contributed by atoms with Crippen LogP contribution in [0, 0.1) is 19.7 Å². The molecule has 0 saturated carbocycles. The average molecular weight is 397 g/mol. The highest BCUT2D eigenvalue weighted by atomic mass is 19.1. The number of halogens is 1. The highest BCUT2D eigenvalue weighted by molar-refractivity contribution is 5.98. The van der Waals surface area contributed by atoms with Crippen LogP contribution in [0.15, 0.2) is 53.1 Å². The predicted molar refractivity (Wildman–Crippen MR) is 102 cm³/mol. The Morgan fingerprint density at radius 2 is 1.79 bits per heavy atom. The van der Waals surface area contributed by atoms with Crippen molar-refractivity contribution < 1.29 is 28.0 Å². The Morgan fingerprint density at radius 1 is 1.07 bits per heavy atom. The van der Waals surface area contributed by atoms with E-state index in [9.17, 15) is 14.0 Å². The van der Waals surface area contributed by atoms with E-state index in [2.05, 4.69) is 5.16 Å². The number of esters is 1. The van der Waals surface area contributed by atoms with Gasteiger partial charge in [-0.15, -0.1) is 0 Å². The van der Waals surface area contributed by atoms with Crippen LogP contribution in [0.25, 0.3) is 0 Å². The Hall–Kier alpha value is -3.48. The van der Waals surface area contributed by atoms with Gasteiger partial charge in [-0.05, 0) is 43.7 Å². The maximum Gasteiger partial charge on any atom is 0.310 e. The van der Waals surface area contributed by atoms with Crippen LogP contribution in [0.2, 0.25) is 0 Å². The summed E-state index contributed by atoms with van der Waals surface area (Å²) in [6.45, 7) is 3.50. The third kappa shape index (κ3) is 5.28.